The first kappa shape index (κ1) is 17.0. The summed E-state index contributed by atoms with van der Waals surface area (Å²) in [4.78, 5) is 11.1. The zero-order valence-electron chi connectivity index (χ0n) is 12.8. The van der Waals surface area contributed by atoms with E-state index in [-0.39, 0.29) is 12.4 Å². The predicted molar refractivity (Wildman–Crippen MR) is 81.5 cm³/mol. The fourth-order valence-electron chi connectivity index (χ4n) is 2.56. The maximum atomic E-state index is 12.0. The number of cyclic esters (lactones) is 1. The van der Waals surface area contributed by atoms with E-state index in [0.29, 0.717) is 17.7 Å². The molecule has 0 saturated carbocycles. The molecule has 24 heavy (non-hydrogen) atoms. The Morgan fingerprint density at radius 3 is 2.38 bits per heavy atom. The van der Waals surface area contributed by atoms with E-state index in [0.717, 1.165) is 12.5 Å². The van der Waals surface area contributed by atoms with Crippen LogP contribution in [0.25, 0.3) is 0 Å². The van der Waals surface area contributed by atoms with Gasteiger partial charge in [0.2, 0.25) is 19.7 Å². The Kier molecular flexibility index (Phi) is 3.77. The van der Waals surface area contributed by atoms with Crippen LogP contribution in [0.4, 0.5) is 4.79 Å². The number of carbonyl (C=O) groups excluding carboxylic acids is 1. The van der Waals surface area contributed by atoms with E-state index in [9.17, 15) is 21.6 Å². The fraction of sp³-hybridized carbons (Fsp3) is 0.462. The van der Waals surface area contributed by atoms with Crippen LogP contribution in [0.15, 0.2) is 18.2 Å². The molecule has 1 aromatic rings. The van der Waals surface area contributed by atoms with E-state index in [1.807, 2.05) is 0 Å². The molecule has 0 spiro atoms. The number of hydrogen-bond acceptors (Lipinski definition) is 8. The molecule has 1 atom stereocenters. The zero-order valence-corrected chi connectivity index (χ0v) is 14.4. The monoisotopic (exact) mass is 377 g/mol. The third-order valence-electron chi connectivity index (χ3n) is 3.69. The molecule has 1 saturated heterocycles. The van der Waals surface area contributed by atoms with Crippen LogP contribution in [-0.2, 0) is 35.8 Å². The minimum absolute atomic E-state index is 0.0816. The second-order valence-electron chi connectivity index (χ2n) is 5.58. The van der Waals surface area contributed by atoms with Crippen molar-refractivity contribution in [1.29, 1.82) is 0 Å². The first-order valence-electron chi connectivity index (χ1n) is 6.83. The van der Waals surface area contributed by atoms with Crippen LogP contribution in [0.2, 0.25) is 0 Å². The highest BCUT2D eigenvalue weighted by Gasteiger charge is 2.57. The topological polar surface area (TPSA) is 125 Å². The van der Waals surface area contributed by atoms with Crippen molar-refractivity contribution in [2.45, 2.75) is 17.2 Å². The number of carbonyl (C=O) groups is 1. The molecule has 0 aromatic heterocycles. The molecule has 132 valence electrons. The highest BCUT2D eigenvalue weighted by Crippen LogP contribution is 2.39. The third-order valence-corrected chi connectivity index (χ3v) is 7.72. The van der Waals surface area contributed by atoms with Crippen molar-refractivity contribution in [1.82, 2.24) is 5.32 Å². The van der Waals surface area contributed by atoms with Gasteiger partial charge in [0.05, 0.1) is 13.2 Å². The molecule has 1 aromatic carbocycles. The van der Waals surface area contributed by atoms with E-state index >= 15 is 0 Å². The maximum absolute atomic E-state index is 12.0. The summed E-state index contributed by atoms with van der Waals surface area (Å²) >= 11 is 0. The van der Waals surface area contributed by atoms with Gasteiger partial charge in [-0.05, 0) is 17.7 Å². The van der Waals surface area contributed by atoms with Gasteiger partial charge in [-0.1, -0.05) is 6.07 Å². The number of alkyl carbamates (subject to hydrolysis) is 1. The Balaban J connectivity index is 1.99. The van der Waals surface area contributed by atoms with Gasteiger partial charge in [0.15, 0.2) is 0 Å². The number of rotatable bonds is 3. The summed E-state index contributed by atoms with van der Waals surface area (Å²) in [7, 11) is -8.47. The highest BCUT2D eigenvalue weighted by atomic mass is 32.3. The number of sulfone groups is 2. The average molecular weight is 377 g/mol. The summed E-state index contributed by atoms with van der Waals surface area (Å²) in [5.74, 6) is 0.0816. The molecule has 9 nitrogen and oxygen atoms in total. The summed E-state index contributed by atoms with van der Waals surface area (Å²) in [5, 5.41) is 2.52. The van der Waals surface area contributed by atoms with Gasteiger partial charge >= 0.3 is 10.5 Å². The first-order valence-corrected chi connectivity index (χ1v) is 10.6. The van der Waals surface area contributed by atoms with Crippen LogP contribution < -0.4 is 10.1 Å². The number of hydrogen-bond donors (Lipinski definition) is 1. The smallest absolute Gasteiger partial charge is 0.420 e. The second-order valence-corrected chi connectivity index (χ2v) is 10.00. The van der Waals surface area contributed by atoms with E-state index in [1.165, 1.54) is 6.07 Å². The van der Waals surface area contributed by atoms with Crippen LogP contribution in [0, 0.1) is 0 Å². The van der Waals surface area contributed by atoms with Gasteiger partial charge in [-0.2, -0.15) is 0 Å². The molecule has 2 aliphatic rings. The van der Waals surface area contributed by atoms with E-state index in [2.05, 4.69) is 5.32 Å². The highest BCUT2D eigenvalue weighted by molar-refractivity contribution is 8.09. The molecule has 1 N–H and O–H groups in total. The second kappa shape index (κ2) is 5.33. The molecular weight excluding hydrogens is 362 g/mol. The van der Waals surface area contributed by atoms with Gasteiger partial charge in [0.1, 0.15) is 11.9 Å². The van der Waals surface area contributed by atoms with Crippen molar-refractivity contribution < 1.29 is 35.8 Å². The summed E-state index contributed by atoms with van der Waals surface area (Å²) < 4.78 is 60.6. The standard InChI is InChI=1S/C13H15NO8S2/c1-23(16,17)13(24(2,18)19)20-7-9-5-8(3-4-10(9)22-13)11-6-14-12(15)21-11/h3-5,11H,6-7H2,1-2H3,(H,14,15)/t11-/m0/s1. The average Bonchev–Trinajstić information content (AvgIpc) is 2.90. The zero-order chi connectivity index (χ0) is 17.8. The van der Waals surface area contributed by atoms with Crippen molar-refractivity contribution in [3.05, 3.63) is 29.3 Å². The van der Waals surface area contributed by atoms with Crippen molar-refractivity contribution in [3.63, 3.8) is 0 Å². The molecule has 0 aliphatic carbocycles. The lowest BCUT2D eigenvalue weighted by Gasteiger charge is -2.35. The maximum Gasteiger partial charge on any atom is 0.420 e. The molecule has 0 radical (unpaired) electrons. The molecule has 0 bridgehead atoms. The van der Waals surface area contributed by atoms with Gasteiger partial charge in [-0.25, -0.2) is 21.6 Å². The quantitative estimate of drug-likeness (QED) is 0.785. The Morgan fingerprint density at radius 2 is 1.83 bits per heavy atom. The third kappa shape index (κ3) is 2.62. The normalized spacial score (nSPS) is 22.9. The lowest BCUT2D eigenvalue weighted by molar-refractivity contribution is -0.0845. The SMILES string of the molecule is CS(=O)(=O)C1(S(C)(=O)=O)OCc2cc([C@@H]3CNC(=O)O3)ccc2O1. The molecule has 0 unspecified atom stereocenters. The van der Waals surface area contributed by atoms with Gasteiger partial charge in [0, 0.05) is 18.1 Å². The Morgan fingerprint density at radius 1 is 1.17 bits per heavy atom. The predicted octanol–water partition coefficient (Wildman–Crippen LogP) is 0.0770. The molecular formula is C13H15NO8S2. The summed E-state index contributed by atoms with van der Waals surface area (Å²) in [5.41, 5.74) is 1.11. The van der Waals surface area contributed by atoms with Crippen molar-refractivity contribution in [3.8, 4) is 5.75 Å². The van der Waals surface area contributed by atoms with Crippen LogP contribution in [0.3, 0.4) is 0 Å². The van der Waals surface area contributed by atoms with Crippen LogP contribution >= 0.6 is 0 Å². The molecule has 11 heteroatoms. The number of benzene rings is 1. The van der Waals surface area contributed by atoms with Crippen LogP contribution in [0.1, 0.15) is 17.2 Å². The van der Waals surface area contributed by atoms with E-state index in [1.54, 1.807) is 12.1 Å². The Labute approximate surface area is 138 Å². The van der Waals surface area contributed by atoms with Crippen molar-refractivity contribution >= 4 is 25.8 Å². The van der Waals surface area contributed by atoms with E-state index in [4.69, 9.17) is 14.2 Å². The molecule has 2 heterocycles. The minimum Gasteiger partial charge on any atom is -0.439 e. The summed E-state index contributed by atoms with van der Waals surface area (Å²) in [6.07, 6.45) is 0.450. The van der Waals surface area contributed by atoms with Gasteiger partial charge < -0.3 is 19.5 Å². The van der Waals surface area contributed by atoms with Crippen molar-refractivity contribution in [2.24, 2.45) is 0 Å². The van der Waals surface area contributed by atoms with Crippen LogP contribution in [-0.4, -0.2) is 46.4 Å². The lowest BCUT2D eigenvalue weighted by atomic mass is 10.1. The van der Waals surface area contributed by atoms with Gasteiger partial charge in [-0.3, -0.25) is 0 Å². The number of ether oxygens (including phenoxy) is 3. The summed E-state index contributed by atoms with van der Waals surface area (Å²) in [6.45, 7) is 0.0212. The minimum atomic E-state index is -4.23. The molecule has 1 amide bonds. The number of amides is 1. The molecule has 2 aliphatic heterocycles. The Bertz CT molecular complexity index is 874. The largest absolute Gasteiger partial charge is 0.439 e. The summed E-state index contributed by atoms with van der Waals surface area (Å²) in [6, 6.07) is 4.63. The number of nitrogens with one attached hydrogen (secondary N) is 1. The fourth-order valence-corrected chi connectivity index (χ4v) is 5.79. The lowest BCUT2D eigenvalue weighted by Crippen LogP contribution is -2.54. The molecule has 3 rings (SSSR count). The van der Waals surface area contributed by atoms with Crippen LogP contribution in [0.5, 0.6) is 5.75 Å². The van der Waals surface area contributed by atoms with Crippen molar-refractivity contribution in [2.75, 3.05) is 19.1 Å². The van der Waals surface area contributed by atoms with Gasteiger partial charge in [-0.15, -0.1) is 0 Å². The van der Waals surface area contributed by atoms with Gasteiger partial charge in [0.25, 0.3) is 0 Å². The first-order chi connectivity index (χ1) is 11.0. The number of fused-ring (bicyclic) bond motifs is 1. The van der Waals surface area contributed by atoms with E-state index < -0.39 is 36.3 Å². The Hall–Kier alpha value is -1.85. The molecule has 1 fully saturated rings.